The Morgan fingerprint density at radius 3 is 2.36 bits per heavy atom. The summed E-state index contributed by atoms with van der Waals surface area (Å²) in [5.41, 5.74) is -0.544. The molecule has 25 heavy (non-hydrogen) atoms. The van der Waals surface area contributed by atoms with Crippen LogP contribution in [-0.4, -0.2) is 32.0 Å². The smallest absolute Gasteiger partial charge is 0.315 e. The van der Waals surface area contributed by atoms with Crippen molar-refractivity contribution < 1.29 is 19.0 Å². The first-order valence-electron chi connectivity index (χ1n) is 7.94. The van der Waals surface area contributed by atoms with Gasteiger partial charge in [0, 0.05) is 22.3 Å². The molecule has 0 aromatic heterocycles. The molecule has 0 spiro atoms. The lowest BCUT2D eigenvalue weighted by Gasteiger charge is -2.23. The first-order valence-corrected chi connectivity index (χ1v) is 9.30. The number of rotatable bonds is 6. The molecule has 1 saturated heterocycles. The van der Waals surface area contributed by atoms with E-state index in [1.54, 1.807) is 23.9 Å². The molecule has 1 fully saturated rings. The molecule has 1 heterocycles. The van der Waals surface area contributed by atoms with Gasteiger partial charge in [-0.15, -0.1) is 11.8 Å². The fourth-order valence-electron chi connectivity index (χ4n) is 2.62. The van der Waals surface area contributed by atoms with E-state index in [1.165, 1.54) is 7.11 Å². The van der Waals surface area contributed by atoms with Gasteiger partial charge in [0.15, 0.2) is 0 Å². The van der Waals surface area contributed by atoms with E-state index in [0.29, 0.717) is 30.4 Å². The predicted molar refractivity (Wildman–Crippen MR) is 98.6 cm³/mol. The highest BCUT2D eigenvalue weighted by Gasteiger charge is 2.43. The Hall–Kier alpha value is -1.69. The van der Waals surface area contributed by atoms with Crippen LogP contribution in [0.5, 0.6) is 11.5 Å². The van der Waals surface area contributed by atoms with Crippen LogP contribution in [-0.2, 0) is 14.3 Å². The van der Waals surface area contributed by atoms with E-state index in [2.05, 4.69) is 0 Å². The molecule has 2 aromatic carbocycles. The lowest BCUT2D eigenvalue weighted by atomic mass is 9.90. The summed E-state index contributed by atoms with van der Waals surface area (Å²) in [5.74, 6) is 1.92. The second-order valence-corrected chi connectivity index (χ2v) is 7.38. The van der Waals surface area contributed by atoms with Gasteiger partial charge < -0.3 is 14.2 Å². The summed E-state index contributed by atoms with van der Waals surface area (Å²) >= 11 is 7.49. The Kier molecular flexibility index (Phi) is 5.89. The molecule has 3 rings (SSSR count). The molecule has 0 aliphatic carbocycles. The van der Waals surface area contributed by atoms with E-state index < -0.39 is 5.41 Å². The van der Waals surface area contributed by atoms with Gasteiger partial charge >= 0.3 is 5.97 Å². The van der Waals surface area contributed by atoms with Crippen LogP contribution in [0.1, 0.15) is 6.42 Å². The molecule has 0 bridgehead atoms. The van der Waals surface area contributed by atoms with Crippen LogP contribution in [0.3, 0.4) is 0 Å². The van der Waals surface area contributed by atoms with Crippen LogP contribution in [0.2, 0.25) is 5.02 Å². The first-order chi connectivity index (χ1) is 12.1. The van der Waals surface area contributed by atoms with Crippen molar-refractivity contribution in [2.24, 2.45) is 5.41 Å². The van der Waals surface area contributed by atoms with Crippen molar-refractivity contribution in [3.63, 3.8) is 0 Å². The van der Waals surface area contributed by atoms with Crippen LogP contribution < -0.4 is 4.74 Å². The monoisotopic (exact) mass is 378 g/mol. The van der Waals surface area contributed by atoms with Gasteiger partial charge in [0.25, 0.3) is 0 Å². The van der Waals surface area contributed by atoms with E-state index in [4.69, 9.17) is 25.8 Å². The summed E-state index contributed by atoms with van der Waals surface area (Å²) in [7, 11) is 1.43. The summed E-state index contributed by atoms with van der Waals surface area (Å²) in [6.07, 6.45) is 0.699. The van der Waals surface area contributed by atoms with Crippen LogP contribution in [0.4, 0.5) is 0 Å². The number of hydrogen-bond donors (Lipinski definition) is 0. The van der Waals surface area contributed by atoms with Crippen molar-refractivity contribution in [2.75, 3.05) is 26.1 Å². The lowest BCUT2D eigenvalue weighted by Crippen LogP contribution is -2.35. The maximum absolute atomic E-state index is 12.1. The fraction of sp³-hybridized carbons (Fsp3) is 0.316. The lowest BCUT2D eigenvalue weighted by molar-refractivity contribution is -0.151. The van der Waals surface area contributed by atoms with Gasteiger partial charge in [0.2, 0.25) is 0 Å². The summed E-state index contributed by atoms with van der Waals surface area (Å²) in [5, 5.41) is 0.675. The maximum atomic E-state index is 12.1. The third kappa shape index (κ3) is 4.48. The molecule has 2 aromatic rings. The second kappa shape index (κ2) is 8.13. The van der Waals surface area contributed by atoms with E-state index in [-0.39, 0.29) is 5.97 Å². The molecular weight excluding hydrogens is 360 g/mol. The fourth-order valence-corrected chi connectivity index (χ4v) is 3.86. The molecule has 0 N–H and O–H groups in total. The maximum Gasteiger partial charge on any atom is 0.315 e. The molecule has 0 amide bonds. The molecule has 1 unspecified atom stereocenters. The van der Waals surface area contributed by atoms with Crippen molar-refractivity contribution >= 4 is 29.3 Å². The van der Waals surface area contributed by atoms with E-state index in [1.807, 2.05) is 36.4 Å². The zero-order valence-electron chi connectivity index (χ0n) is 13.9. The average Bonchev–Trinajstić information content (AvgIpc) is 3.12. The third-order valence-corrected chi connectivity index (χ3v) is 5.66. The summed E-state index contributed by atoms with van der Waals surface area (Å²) < 4.78 is 16.2. The number of carbonyl (C=O) groups is 1. The number of esters is 1. The van der Waals surface area contributed by atoms with Crippen LogP contribution in [0, 0.1) is 5.41 Å². The van der Waals surface area contributed by atoms with Gasteiger partial charge in [-0.3, -0.25) is 4.79 Å². The van der Waals surface area contributed by atoms with Crippen molar-refractivity contribution in [1.29, 1.82) is 0 Å². The minimum Gasteiger partial charge on any atom is -0.469 e. The van der Waals surface area contributed by atoms with E-state index in [9.17, 15) is 4.79 Å². The molecule has 1 aliphatic heterocycles. The van der Waals surface area contributed by atoms with Gasteiger partial charge in [0.05, 0.1) is 13.7 Å². The van der Waals surface area contributed by atoms with Gasteiger partial charge in [0.1, 0.15) is 16.9 Å². The minimum absolute atomic E-state index is 0.194. The molecule has 6 heteroatoms. The Bertz CT molecular complexity index is 709. The zero-order chi connectivity index (χ0) is 17.7. The molecule has 1 atom stereocenters. The van der Waals surface area contributed by atoms with Crippen molar-refractivity contribution in [2.45, 2.75) is 11.3 Å². The number of carbonyl (C=O) groups excluding carboxylic acids is 1. The van der Waals surface area contributed by atoms with Crippen molar-refractivity contribution in [1.82, 2.24) is 0 Å². The second-order valence-electron chi connectivity index (χ2n) is 5.89. The predicted octanol–water partition coefficient (Wildman–Crippen LogP) is 4.80. The van der Waals surface area contributed by atoms with Gasteiger partial charge in [-0.2, -0.15) is 0 Å². The number of thioether (sulfide) groups is 1. The molecule has 132 valence electrons. The van der Waals surface area contributed by atoms with E-state index >= 15 is 0 Å². The van der Waals surface area contributed by atoms with Gasteiger partial charge in [-0.05, 0) is 55.0 Å². The largest absolute Gasteiger partial charge is 0.469 e. The molecule has 0 radical (unpaired) electrons. The van der Waals surface area contributed by atoms with Crippen LogP contribution >= 0.6 is 23.4 Å². The molecule has 4 nitrogen and oxygen atoms in total. The molecule has 1 aliphatic rings. The Balaban J connectivity index is 1.60. The van der Waals surface area contributed by atoms with Crippen molar-refractivity contribution in [3.05, 3.63) is 53.6 Å². The van der Waals surface area contributed by atoms with Crippen LogP contribution in [0.15, 0.2) is 53.4 Å². The van der Waals surface area contributed by atoms with Gasteiger partial charge in [-0.1, -0.05) is 11.6 Å². The highest BCUT2D eigenvalue weighted by atomic mass is 35.5. The number of ether oxygens (including phenoxy) is 3. The van der Waals surface area contributed by atoms with E-state index in [0.717, 1.165) is 16.4 Å². The highest BCUT2D eigenvalue weighted by molar-refractivity contribution is 7.99. The number of halogens is 1. The SMILES string of the molecule is COC(=O)C1(CSc2ccc(Oc3ccc(Cl)cc3)cc2)CCOC1. The number of hydrogen-bond acceptors (Lipinski definition) is 5. The first kappa shape index (κ1) is 18.1. The Morgan fingerprint density at radius 2 is 1.80 bits per heavy atom. The minimum atomic E-state index is -0.544. The standard InChI is InChI=1S/C19H19ClO4S/c1-22-18(21)19(10-11-23-12-19)13-25-17-8-6-16(7-9-17)24-15-4-2-14(20)3-5-15/h2-9H,10-13H2,1H3. The Labute approximate surface area is 156 Å². The number of methoxy groups -OCH3 is 1. The topological polar surface area (TPSA) is 44.8 Å². The quantitative estimate of drug-likeness (QED) is 0.533. The molecule has 0 saturated carbocycles. The summed E-state index contributed by atoms with van der Waals surface area (Å²) in [6.45, 7) is 1.02. The normalized spacial score (nSPS) is 19.6. The summed E-state index contributed by atoms with van der Waals surface area (Å²) in [6, 6.07) is 15.0. The third-order valence-electron chi connectivity index (χ3n) is 4.11. The number of benzene rings is 2. The molecular formula is C19H19ClO4S. The highest BCUT2D eigenvalue weighted by Crippen LogP contribution is 2.37. The van der Waals surface area contributed by atoms with Crippen molar-refractivity contribution in [3.8, 4) is 11.5 Å². The van der Waals surface area contributed by atoms with Crippen LogP contribution in [0.25, 0.3) is 0 Å². The average molecular weight is 379 g/mol. The Morgan fingerprint density at radius 1 is 1.16 bits per heavy atom. The summed E-state index contributed by atoms with van der Waals surface area (Å²) in [4.78, 5) is 13.2. The van der Waals surface area contributed by atoms with Gasteiger partial charge in [-0.25, -0.2) is 0 Å². The zero-order valence-corrected chi connectivity index (χ0v) is 15.4.